The van der Waals surface area contributed by atoms with Gasteiger partial charge in [-0.05, 0) is 12.1 Å². The van der Waals surface area contributed by atoms with Gasteiger partial charge in [-0.15, -0.1) is 0 Å². The molecule has 1 N–H and O–H groups in total. The van der Waals surface area contributed by atoms with Gasteiger partial charge in [0.05, 0.1) is 9.82 Å². The van der Waals surface area contributed by atoms with E-state index in [9.17, 15) is 18.5 Å². The molecule has 15 heavy (non-hydrogen) atoms. The third-order valence-corrected chi connectivity index (χ3v) is 2.79. The molecule has 0 heterocycles. The molecule has 0 aliphatic heterocycles. The number of nitrogens with one attached hydrogen (secondary N) is 1. The molecule has 0 saturated carbocycles. The van der Waals surface area contributed by atoms with E-state index < -0.39 is 14.9 Å². The highest BCUT2D eigenvalue weighted by atomic mass is 32.2. The Morgan fingerprint density at radius 3 is 2.27 bits per heavy atom. The molecule has 0 aromatic heterocycles. The number of rotatable bonds is 3. The quantitative estimate of drug-likeness (QED) is 0.346. The monoisotopic (exact) mass is 227 g/mol. The molecule has 1 aromatic carbocycles. The number of sulfonamides is 1. The number of nitrogens with zero attached hydrogens (tertiary/aromatic N) is 2. The van der Waals surface area contributed by atoms with Crippen LogP contribution in [0, 0.1) is 21.6 Å². The van der Waals surface area contributed by atoms with Crippen molar-refractivity contribution in [3.05, 3.63) is 34.4 Å². The fourth-order valence-corrected chi connectivity index (χ4v) is 1.60. The zero-order valence-corrected chi connectivity index (χ0v) is 8.06. The molecule has 0 saturated heterocycles. The maximum absolute atomic E-state index is 11.2. The molecule has 0 aliphatic carbocycles. The van der Waals surface area contributed by atoms with Crippen LogP contribution in [0.25, 0.3) is 0 Å². The largest absolute Gasteiger partial charge is 0.270 e. The summed E-state index contributed by atoms with van der Waals surface area (Å²) >= 11 is 0. The summed E-state index contributed by atoms with van der Waals surface area (Å²) in [5.41, 5.74) is -0.217. The first-order valence-corrected chi connectivity index (χ1v) is 5.11. The normalized spacial score (nSPS) is 10.3. The fourth-order valence-electron chi connectivity index (χ4n) is 0.866. The molecule has 0 aliphatic rings. The van der Waals surface area contributed by atoms with Crippen molar-refractivity contribution in [2.24, 2.45) is 0 Å². The molecule has 0 amide bonds. The van der Waals surface area contributed by atoms with Gasteiger partial charge in [0.15, 0.2) is 6.19 Å². The fraction of sp³-hybridized carbons (Fsp3) is 0. The third-order valence-electron chi connectivity index (χ3n) is 1.54. The summed E-state index contributed by atoms with van der Waals surface area (Å²) < 4.78 is 24.0. The number of non-ortho nitro benzene ring substituents is 1. The number of nitriles is 1. The summed E-state index contributed by atoms with van der Waals surface area (Å²) in [7, 11) is -3.89. The summed E-state index contributed by atoms with van der Waals surface area (Å²) in [5, 5.41) is 18.4. The van der Waals surface area contributed by atoms with Gasteiger partial charge in [-0.25, -0.2) is 13.1 Å². The van der Waals surface area contributed by atoms with E-state index in [1.165, 1.54) is 6.19 Å². The van der Waals surface area contributed by atoms with Crippen LogP contribution in [0.15, 0.2) is 29.2 Å². The predicted molar refractivity (Wildman–Crippen MR) is 49.0 cm³/mol. The lowest BCUT2D eigenvalue weighted by atomic mass is 10.3. The highest BCUT2D eigenvalue weighted by Crippen LogP contribution is 2.15. The molecule has 0 radical (unpaired) electrons. The van der Waals surface area contributed by atoms with Gasteiger partial charge >= 0.3 is 0 Å². The first-order chi connectivity index (χ1) is 6.97. The summed E-state index contributed by atoms with van der Waals surface area (Å²) in [4.78, 5) is 9.43. The van der Waals surface area contributed by atoms with Crippen molar-refractivity contribution in [2.45, 2.75) is 4.90 Å². The van der Waals surface area contributed by atoms with E-state index in [2.05, 4.69) is 0 Å². The van der Waals surface area contributed by atoms with Gasteiger partial charge in [-0.1, -0.05) is 0 Å². The van der Waals surface area contributed by atoms with E-state index in [-0.39, 0.29) is 10.6 Å². The summed E-state index contributed by atoms with van der Waals surface area (Å²) in [6, 6.07) is 4.20. The van der Waals surface area contributed by atoms with Gasteiger partial charge in [0.25, 0.3) is 15.7 Å². The molecule has 0 atom stereocenters. The second kappa shape index (κ2) is 3.93. The summed E-state index contributed by atoms with van der Waals surface area (Å²) in [5.74, 6) is 0. The zero-order chi connectivity index (χ0) is 11.5. The van der Waals surface area contributed by atoms with Crippen LogP contribution in [0.2, 0.25) is 0 Å². The van der Waals surface area contributed by atoms with Crippen LogP contribution < -0.4 is 4.72 Å². The van der Waals surface area contributed by atoms with Crippen LogP contribution in [0.3, 0.4) is 0 Å². The highest BCUT2D eigenvalue weighted by Gasteiger charge is 2.14. The average Bonchev–Trinajstić information content (AvgIpc) is 2.18. The maximum atomic E-state index is 11.2. The van der Waals surface area contributed by atoms with Gasteiger partial charge in [-0.2, -0.15) is 5.26 Å². The van der Waals surface area contributed by atoms with E-state index in [0.717, 1.165) is 24.3 Å². The minimum Gasteiger partial charge on any atom is -0.258 e. The molecule has 8 heteroatoms. The lowest BCUT2D eigenvalue weighted by Crippen LogP contribution is -2.17. The average molecular weight is 227 g/mol. The van der Waals surface area contributed by atoms with Crippen molar-refractivity contribution in [3.8, 4) is 6.19 Å². The zero-order valence-electron chi connectivity index (χ0n) is 7.25. The van der Waals surface area contributed by atoms with Crippen LogP contribution in [0.1, 0.15) is 0 Å². The minimum absolute atomic E-state index is 0.199. The van der Waals surface area contributed by atoms with Crippen molar-refractivity contribution in [2.75, 3.05) is 0 Å². The van der Waals surface area contributed by atoms with Gasteiger partial charge in [-0.3, -0.25) is 10.1 Å². The van der Waals surface area contributed by atoms with E-state index >= 15 is 0 Å². The van der Waals surface area contributed by atoms with Crippen molar-refractivity contribution < 1.29 is 13.3 Å². The van der Waals surface area contributed by atoms with Crippen LogP contribution in [0.5, 0.6) is 0 Å². The summed E-state index contributed by atoms with van der Waals surface area (Å²) in [6.07, 6.45) is 1.27. The topological polar surface area (TPSA) is 113 Å². The molecule has 0 fully saturated rings. The number of hydrogen-bond donors (Lipinski definition) is 1. The molecular weight excluding hydrogens is 222 g/mol. The van der Waals surface area contributed by atoms with Crippen LogP contribution in [0.4, 0.5) is 5.69 Å². The molecule has 0 spiro atoms. The molecular formula is C7H5N3O4S. The van der Waals surface area contributed by atoms with E-state index in [0.29, 0.717) is 0 Å². The van der Waals surface area contributed by atoms with Crippen molar-refractivity contribution in [1.82, 2.24) is 4.72 Å². The summed E-state index contributed by atoms with van der Waals surface area (Å²) in [6.45, 7) is 0. The number of nitro benzene ring substituents is 1. The van der Waals surface area contributed by atoms with Gasteiger partial charge in [0, 0.05) is 12.1 Å². The minimum atomic E-state index is -3.89. The Hall–Kier alpha value is -2.14. The first-order valence-electron chi connectivity index (χ1n) is 3.63. The lowest BCUT2D eigenvalue weighted by molar-refractivity contribution is -0.384. The molecule has 1 rings (SSSR count). The van der Waals surface area contributed by atoms with Crippen LogP contribution in [-0.4, -0.2) is 13.3 Å². The van der Waals surface area contributed by atoms with Crippen LogP contribution >= 0.6 is 0 Å². The van der Waals surface area contributed by atoms with E-state index in [4.69, 9.17) is 5.26 Å². The third kappa shape index (κ3) is 2.41. The van der Waals surface area contributed by atoms with Crippen molar-refractivity contribution in [3.63, 3.8) is 0 Å². The van der Waals surface area contributed by atoms with E-state index in [1.54, 1.807) is 4.72 Å². The molecule has 0 unspecified atom stereocenters. The smallest absolute Gasteiger partial charge is 0.258 e. The maximum Gasteiger partial charge on any atom is 0.270 e. The molecule has 0 bridgehead atoms. The number of nitro groups is 1. The molecule has 7 nitrogen and oxygen atoms in total. The Morgan fingerprint density at radius 1 is 1.33 bits per heavy atom. The van der Waals surface area contributed by atoms with Gasteiger partial charge in [0.2, 0.25) is 0 Å². The van der Waals surface area contributed by atoms with Gasteiger partial charge in [0.1, 0.15) is 0 Å². The number of benzene rings is 1. The Bertz CT molecular complexity index is 514. The van der Waals surface area contributed by atoms with Gasteiger partial charge < -0.3 is 0 Å². The lowest BCUT2D eigenvalue weighted by Gasteiger charge is -1.99. The number of hydrogen-bond acceptors (Lipinski definition) is 5. The predicted octanol–water partition coefficient (Wildman–Crippen LogP) is 0.354. The van der Waals surface area contributed by atoms with Crippen molar-refractivity contribution in [1.29, 1.82) is 5.26 Å². The second-order valence-corrected chi connectivity index (χ2v) is 4.15. The van der Waals surface area contributed by atoms with E-state index in [1.807, 2.05) is 0 Å². The molecule has 1 aromatic rings. The Kier molecular flexibility index (Phi) is 2.87. The first kappa shape index (κ1) is 10.9. The Labute approximate surface area is 85.2 Å². The Morgan fingerprint density at radius 2 is 1.87 bits per heavy atom. The SMILES string of the molecule is N#CNS(=O)(=O)c1ccc([N+](=O)[O-])cc1. The van der Waals surface area contributed by atoms with Crippen molar-refractivity contribution >= 4 is 15.7 Å². The Balaban J connectivity index is 3.11. The van der Waals surface area contributed by atoms with Crippen LogP contribution in [-0.2, 0) is 10.0 Å². The highest BCUT2D eigenvalue weighted by molar-refractivity contribution is 7.89. The molecule has 78 valence electrons. The second-order valence-electron chi connectivity index (χ2n) is 2.47. The standard InChI is InChI=1S/C7H5N3O4S/c8-5-9-15(13,14)7-3-1-6(2-4-7)10(11)12/h1-4,9H.